The van der Waals surface area contributed by atoms with Gasteiger partial charge in [0.05, 0.1) is 19.1 Å². The summed E-state index contributed by atoms with van der Waals surface area (Å²) in [6, 6.07) is 14.8. The molecule has 7 heteroatoms. The predicted octanol–water partition coefficient (Wildman–Crippen LogP) is 3.90. The molecule has 1 N–H and O–H groups in total. The Morgan fingerprint density at radius 2 is 1.84 bits per heavy atom. The lowest BCUT2D eigenvalue weighted by molar-refractivity contribution is -0.142. The van der Waals surface area contributed by atoms with Gasteiger partial charge in [0.15, 0.2) is 0 Å². The van der Waals surface area contributed by atoms with E-state index in [0.29, 0.717) is 43.6 Å². The zero-order valence-electron chi connectivity index (χ0n) is 18.4. The molecule has 0 bridgehead atoms. The van der Waals surface area contributed by atoms with Crippen molar-refractivity contribution < 1.29 is 14.3 Å². The van der Waals surface area contributed by atoms with Crippen LogP contribution in [0.2, 0.25) is 5.02 Å². The van der Waals surface area contributed by atoms with Gasteiger partial charge in [0.25, 0.3) is 0 Å². The molecule has 4 rings (SSSR count). The highest BCUT2D eigenvalue weighted by molar-refractivity contribution is 6.31. The number of halogens is 1. The molecule has 2 aromatic carbocycles. The number of piperidine rings is 1. The first kappa shape index (κ1) is 22.8. The van der Waals surface area contributed by atoms with Crippen molar-refractivity contribution in [2.45, 2.75) is 25.8 Å². The van der Waals surface area contributed by atoms with Crippen LogP contribution in [0, 0.1) is 12.8 Å². The second-order valence-corrected chi connectivity index (χ2v) is 8.95. The molecule has 2 aliphatic rings. The van der Waals surface area contributed by atoms with Crippen LogP contribution >= 0.6 is 11.6 Å². The van der Waals surface area contributed by atoms with Gasteiger partial charge >= 0.3 is 0 Å². The maximum absolute atomic E-state index is 13.5. The molecule has 0 spiro atoms. The van der Waals surface area contributed by atoms with Gasteiger partial charge in [0.2, 0.25) is 11.8 Å². The van der Waals surface area contributed by atoms with Crippen molar-refractivity contribution in [2.24, 2.45) is 5.92 Å². The second kappa shape index (κ2) is 10.5. The zero-order valence-corrected chi connectivity index (χ0v) is 19.2. The third kappa shape index (κ3) is 5.31. The molecule has 32 heavy (non-hydrogen) atoms. The summed E-state index contributed by atoms with van der Waals surface area (Å²) in [7, 11) is 0. The van der Waals surface area contributed by atoms with E-state index in [4.69, 9.17) is 16.3 Å². The molecular weight excluding hydrogens is 426 g/mol. The molecule has 0 aliphatic carbocycles. The first-order valence-corrected chi connectivity index (χ1v) is 11.6. The van der Waals surface area contributed by atoms with Crippen LogP contribution < -0.4 is 5.32 Å². The number of amides is 2. The van der Waals surface area contributed by atoms with E-state index >= 15 is 0 Å². The number of hydrogen-bond acceptors (Lipinski definition) is 4. The van der Waals surface area contributed by atoms with E-state index in [1.807, 2.05) is 54.3 Å². The first-order chi connectivity index (χ1) is 15.5. The van der Waals surface area contributed by atoms with Crippen LogP contribution in [0.15, 0.2) is 48.5 Å². The van der Waals surface area contributed by atoms with Gasteiger partial charge in [-0.25, -0.2) is 0 Å². The molecule has 2 atom stereocenters. The minimum atomic E-state index is -0.475. The summed E-state index contributed by atoms with van der Waals surface area (Å²) < 4.78 is 5.39. The molecule has 170 valence electrons. The Hall–Kier alpha value is -2.41. The number of nitrogens with zero attached hydrogens (tertiary/aromatic N) is 2. The number of rotatable bonds is 5. The Morgan fingerprint density at radius 1 is 1.09 bits per heavy atom. The van der Waals surface area contributed by atoms with Gasteiger partial charge in [0.1, 0.15) is 6.04 Å². The average Bonchev–Trinajstić information content (AvgIpc) is 2.82. The highest BCUT2D eigenvalue weighted by Gasteiger charge is 2.36. The molecule has 2 heterocycles. The van der Waals surface area contributed by atoms with Crippen LogP contribution in [0.25, 0.3) is 0 Å². The lowest BCUT2D eigenvalue weighted by Crippen LogP contribution is -2.50. The number of anilines is 1. The third-order valence-electron chi connectivity index (χ3n) is 6.29. The van der Waals surface area contributed by atoms with Crippen molar-refractivity contribution in [3.63, 3.8) is 0 Å². The number of nitrogens with one attached hydrogen (secondary N) is 1. The number of likely N-dealkylation sites (tertiary alicyclic amines) is 1. The average molecular weight is 456 g/mol. The summed E-state index contributed by atoms with van der Waals surface area (Å²) in [5, 5.41) is 3.66. The largest absolute Gasteiger partial charge is 0.378 e. The van der Waals surface area contributed by atoms with Crippen LogP contribution in [-0.4, -0.2) is 61.0 Å². The summed E-state index contributed by atoms with van der Waals surface area (Å²) in [5.74, 6) is -0.0409. The minimum Gasteiger partial charge on any atom is -0.378 e. The number of carbonyl (C=O) groups excluding carboxylic acids is 2. The smallest absolute Gasteiger partial charge is 0.246 e. The van der Waals surface area contributed by atoms with E-state index < -0.39 is 6.04 Å². The molecule has 6 nitrogen and oxygen atoms in total. The third-order valence-corrected chi connectivity index (χ3v) is 6.70. The van der Waals surface area contributed by atoms with Crippen LogP contribution in [0.3, 0.4) is 0 Å². The maximum Gasteiger partial charge on any atom is 0.246 e. The summed E-state index contributed by atoms with van der Waals surface area (Å²) in [5.41, 5.74) is 2.55. The molecule has 2 aromatic rings. The molecule has 0 radical (unpaired) electrons. The van der Waals surface area contributed by atoms with Gasteiger partial charge in [-0.1, -0.05) is 48.0 Å². The summed E-state index contributed by atoms with van der Waals surface area (Å²) in [6.45, 7) is 5.75. The normalized spacial score (nSPS) is 20.6. The number of carbonyl (C=O) groups is 2. The van der Waals surface area contributed by atoms with Crippen molar-refractivity contribution in [1.82, 2.24) is 9.80 Å². The van der Waals surface area contributed by atoms with E-state index in [0.717, 1.165) is 30.5 Å². The number of benzene rings is 2. The molecule has 0 saturated carbocycles. The molecule has 2 fully saturated rings. The molecule has 2 aliphatic heterocycles. The fraction of sp³-hybridized carbons (Fsp3) is 0.440. The molecular formula is C25H30ClN3O3. The molecule has 0 aromatic heterocycles. The number of morpholine rings is 1. The lowest BCUT2D eigenvalue weighted by atomic mass is 9.93. The van der Waals surface area contributed by atoms with Crippen molar-refractivity contribution in [2.75, 3.05) is 44.7 Å². The summed E-state index contributed by atoms with van der Waals surface area (Å²) in [6.07, 6.45) is 1.73. The Labute approximate surface area is 194 Å². The quantitative estimate of drug-likeness (QED) is 0.742. The maximum atomic E-state index is 13.5. The fourth-order valence-electron chi connectivity index (χ4n) is 4.53. The Bertz CT molecular complexity index is 947. The van der Waals surface area contributed by atoms with Gasteiger partial charge in [-0.2, -0.15) is 0 Å². The standard InChI is InChI=1S/C25H30ClN3O3/c1-18-9-10-21(16-22(18)26)27-24(30)23(19-6-3-2-4-7-19)29-11-5-8-20(17-29)25(31)28-12-14-32-15-13-28/h2-4,6-7,9-10,16,20,23H,5,8,11-15,17H2,1H3,(H,27,30)/t20-,23+/m0/s1. The fourth-order valence-corrected chi connectivity index (χ4v) is 4.71. The second-order valence-electron chi connectivity index (χ2n) is 8.54. The highest BCUT2D eigenvalue weighted by atomic mass is 35.5. The van der Waals surface area contributed by atoms with Crippen molar-refractivity contribution >= 4 is 29.1 Å². The minimum absolute atomic E-state index is 0.102. The zero-order chi connectivity index (χ0) is 22.5. The van der Waals surface area contributed by atoms with Gasteiger partial charge < -0.3 is 15.0 Å². The monoisotopic (exact) mass is 455 g/mol. The van der Waals surface area contributed by atoms with E-state index in [-0.39, 0.29) is 17.7 Å². The number of aryl methyl sites for hydroxylation is 1. The van der Waals surface area contributed by atoms with Crippen molar-refractivity contribution in [3.05, 3.63) is 64.7 Å². The topological polar surface area (TPSA) is 61.9 Å². The van der Waals surface area contributed by atoms with Crippen LogP contribution in [0.5, 0.6) is 0 Å². The Kier molecular flexibility index (Phi) is 7.45. The van der Waals surface area contributed by atoms with Crippen LogP contribution in [-0.2, 0) is 14.3 Å². The summed E-state index contributed by atoms with van der Waals surface area (Å²) in [4.78, 5) is 30.6. The first-order valence-electron chi connectivity index (χ1n) is 11.3. The van der Waals surface area contributed by atoms with Gasteiger partial charge in [0, 0.05) is 30.3 Å². The summed E-state index contributed by atoms with van der Waals surface area (Å²) >= 11 is 6.26. The number of hydrogen-bond donors (Lipinski definition) is 1. The SMILES string of the molecule is Cc1ccc(NC(=O)[C@@H](c2ccccc2)N2CCC[C@H](C(=O)N3CCOCC3)C2)cc1Cl. The van der Waals surface area contributed by atoms with Gasteiger partial charge in [-0.3, -0.25) is 14.5 Å². The van der Waals surface area contributed by atoms with Gasteiger partial charge in [-0.05, 0) is 49.6 Å². The molecule has 0 unspecified atom stereocenters. The van der Waals surface area contributed by atoms with Crippen molar-refractivity contribution in [3.8, 4) is 0 Å². The Balaban J connectivity index is 1.53. The van der Waals surface area contributed by atoms with Crippen LogP contribution in [0.1, 0.15) is 30.0 Å². The van der Waals surface area contributed by atoms with Crippen LogP contribution in [0.4, 0.5) is 5.69 Å². The van der Waals surface area contributed by atoms with E-state index in [1.54, 1.807) is 6.07 Å². The van der Waals surface area contributed by atoms with Gasteiger partial charge in [-0.15, -0.1) is 0 Å². The number of ether oxygens (including phenoxy) is 1. The van der Waals surface area contributed by atoms with Crippen molar-refractivity contribution in [1.29, 1.82) is 0 Å². The Morgan fingerprint density at radius 3 is 2.56 bits per heavy atom. The molecule has 2 saturated heterocycles. The predicted molar refractivity (Wildman–Crippen MR) is 126 cm³/mol. The van der Waals surface area contributed by atoms with E-state index in [9.17, 15) is 9.59 Å². The lowest BCUT2D eigenvalue weighted by Gasteiger charge is -2.39. The van der Waals surface area contributed by atoms with E-state index in [2.05, 4.69) is 10.2 Å². The van der Waals surface area contributed by atoms with E-state index in [1.165, 1.54) is 0 Å². The molecule has 2 amide bonds. The highest BCUT2D eigenvalue weighted by Crippen LogP contribution is 2.30.